The van der Waals surface area contributed by atoms with Crippen LogP contribution in [0.5, 0.6) is 5.75 Å². The van der Waals surface area contributed by atoms with E-state index < -0.39 is 0 Å². The topological polar surface area (TPSA) is 36.0 Å². The molecule has 1 aromatic rings. The highest BCUT2D eigenvalue weighted by molar-refractivity contribution is 5.94. The molecule has 3 rings (SSSR count). The molecule has 1 unspecified atom stereocenters. The molecule has 2 saturated heterocycles. The summed E-state index contributed by atoms with van der Waals surface area (Å²) in [5, 5.41) is 0. The Balaban J connectivity index is 1.45. The van der Waals surface area contributed by atoms with Gasteiger partial charge in [-0.3, -0.25) is 9.69 Å². The maximum Gasteiger partial charge on any atom is 0.254 e. The van der Waals surface area contributed by atoms with Crippen molar-refractivity contribution >= 4 is 5.91 Å². The molecule has 25 heavy (non-hydrogen) atoms. The van der Waals surface area contributed by atoms with E-state index in [1.54, 1.807) is 7.11 Å². The van der Waals surface area contributed by atoms with Crippen LogP contribution in [0.15, 0.2) is 24.3 Å². The number of likely N-dealkylation sites (tertiary alicyclic amines) is 1. The van der Waals surface area contributed by atoms with E-state index in [4.69, 9.17) is 4.74 Å². The van der Waals surface area contributed by atoms with Gasteiger partial charge in [0.05, 0.1) is 7.11 Å². The third-order valence-electron chi connectivity index (χ3n) is 5.68. The summed E-state index contributed by atoms with van der Waals surface area (Å²) in [5.41, 5.74) is 0.719. The molecule has 2 aliphatic rings. The van der Waals surface area contributed by atoms with E-state index in [0.717, 1.165) is 50.1 Å². The van der Waals surface area contributed by atoms with E-state index in [0.29, 0.717) is 0 Å². The van der Waals surface area contributed by atoms with Crippen molar-refractivity contribution in [2.24, 2.45) is 0 Å². The number of hydrogen-bond acceptors (Lipinski definition) is 4. The van der Waals surface area contributed by atoms with Crippen LogP contribution < -0.4 is 4.74 Å². The maximum atomic E-state index is 12.7. The van der Waals surface area contributed by atoms with Gasteiger partial charge in [-0.2, -0.15) is 0 Å². The summed E-state index contributed by atoms with van der Waals surface area (Å²) >= 11 is 0. The fourth-order valence-electron chi connectivity index (χ4n) is 3.95. The normalized spacial score (nSPS) is 22.8. The van der Waals surface area contributed by atoms with Crippen molar-refractivity contribution in [1.82, 2.24) is 14.7 Å². The summed E-state index contributed by atoms with van der Waals surface area (Å²) < 4.78 is 5.22. The lowest BCUT2D eigenvalue weighted by atomic mass is 10.00. The van der Waals surface area contributed by atoms with Crippen LogP contribution >= 0.6 is 0 Å². The lowest BCUT2D eigenvalue weighted by Crippen LogP contribution is -2.49. The summed E-state index contributed by atoms with van der Waals surface area (Å²) in [4.78, 5) is 19.7. The number of ether oxygens (including phenoxy) is 1. The lowest BCUT2D eigenvalue weighted by molar-refractivity contribution is 0.0617. The summed E-state index contributed by atoms with van der Waals surface area (Å²) in [7, 11) is 3.89. The molecular formula is C20H31N3O2. The third-order valence-corrected chi connectivity index (χ3v) is 5.68. The van der Waals surface area contributed by atoms with Gasteiger partial charge in [0.2, 0.25) is 0 Å². The van der Waals surface area contributed by atoms with Crippen LogP contribution in [0.3, 0.4) is 0 Å². The summed E-state index contributed by atoms with van der Waals surface area (Å²) in [6.45, 7) is 5.98. The Labute approximate surface area is 151 Å². The first-order valence-corrected chi connectivity index (χ1v) is 9.53. The molecule has 1 atom stereocenters. The van der Waals surface area contributed by atoms with Crippen LogP contribution in [-0.4, -0.2) is 80.1 Å². The van der Waals surface area contributed by atoms with Crippen molar-refractivity contribution in [3.63, 3.8) is 0 Å². The second-order valence-electron chi connectivity index (χ2n) is 7.28. The van der Waals surface area contributed by atoms with Gasteiger partial charge in [-0.25, -0.2) is 0 Å². The first-order chi connectivity index (χ1) is 12.2. The van der Waals surface area contributed by atoms with Crippen LogP contribution in [0.25, 0.3) is 0 Å². The van der Waals surface area contributed by atoms with Gasteiger partial charge in [0.15, 0.2) is 0 Å². The van der Waals surface area contributed by atoms with Gasteiger partial charge >= 0.3 is 0 Å². The fourth-order valence-corrected chi connectivity index (χ4v) is 3.95. The Morgan fingerprint density at radius 3 is 2.68 bits per heavy atom. The summed E-state index contributed by atoms with van der Waals surface area (Å²) in [6.07, 6.45) is 5.31. The smallest absolute Gasteiger partial charge is 0.254 e. The van der Waals surface area contributed by atoms with E-state index in [1.807, 2.05) is 29.2 Å². The Morgan fingerprint density at radius 1 is 1.16 bits per heavy atom. The largest absolute Gasteiger partial charge is 0.497 e. The third kappa shape index (κ3) is 4.73. The van der Waals surface area contributed by atoms with Gasteiger partial charge in [-0.05, 0) is 57.6 Å². The van der Waals surface area contributed by atoms with Crippen molar-refractivity contribution in [3.8, 4) is 5.75 Å². The van der Waals surface area contributed by atoms with Crippen LogP contribution in [0.1, 0.15) is 36.0 Å². The minimum Gasteiger partial charge on any atom is -0.497 e. The number of carbonyl (C=O) groups excluding carboxylic acids is 1. The number of nitrogens with zero attached hydrogens (tertiary/aromatic N) is 3. The van der Waals surface area contributed by atoms with Gasteiger partial charge in [-0.1, -0.05) is 12.5 Å². The van der Waals surface area contributed by atoms with Gasteiger partial charge in [0.1, 0.15) is 5.75 Å². The number of piperidine rings is 1. The maximum absolute atomic E-state index is 12.7. The molecule has 5 heteroatoms. The molecule has 0 bridgehead atoms. The zero-order chi connectivity index (χ0) is 17.6. The Bertz CT molecular complexity index is 570. The number of amides is 1. The predicted molar refractivity (Wildman–Crippen MR) is 100 cm³/mol. The quantitative estimate of drug-likeness (QED) is 0.821. The van der Waals surface area contributed by atoms with Crippen molar-refractivity contribution in [3.05, 3.63) is 29.8 Å². The molecule has 0 aliphatic carbocycles. The van der Waals surface area contributed by atoms with E-state index in [1.165, 1.54) is 32.2 Å². The lowest BCUT2D eigenvalue weighted by Gasteiger charge is -2.37. The Morgan fingerprint density at radius 2 is 1.96 bits per heavy atom. The van der Waals surface area contributed by atoms with Crippen LogP contribution in [0.2, 0.25) is 0 Å². The second-order valence-corrected chi connectivity index (χ2v) is 7.28. The number of piperazine rings is 1. The number of benzene rings is 1. The zero-order valence-electron chi connectivity index (χ0n) is 15.6. The van der Waals surface area contributed by atoms with E-state index >= 15 is 0 Å². The Kier molecular flexibility index (Phi) is 6.32. The number of methoxy groups -OCH3 is 1. The molecule has 0 saturated carbocycles. The Hall–Kier alpha value is -1.59. The summed E-state index contributed by atoms with van der Waals surface area (Å²) in [5.74, 6) is 0.853. The van der Waals surface area contributed by atoms with Crippen molar-refractivity contribution in [2.45, 2.75) is 31.7 Å². The van der Waals surface area contributed by atoms with Crippen molar-refractivity contribution in [1.29, 1.82) is 0 Å². The van der Waals surface area contributed by atoms with Crippen molar-refractivity contribution < 1.29 is 9.53 Å². The molecular weight excluding hydrogens is 314 g/mol. The predicted octanol–water partition coefficient (Wildman–Crippen LogP) is 2.33. The standard InChI is InChI=1S/C20H31N3O2/c1-21-10-4-3-7-18(21)9-11-22-12-14-23(15-13-22)20(24)17-6-5-8-19(16-17)25-2/h5-6,8,16,18H,3-4,7,9-15H2,1-2H3. The van der Waals surface area contributed by atoms with Gasteiger partial charge in [0.25, 0.3) is 5.91 Å². The molecule has 2 fully saturated rings. The number of rotatable bonds is 5. The van der Waals surface area contributed by atoms with E-state index in [-0.39, 0.29) is 5.91 Å². The minimum atomic E-state index is 0.116. The van der Waals surface area contributed by atoms with Gasteiger partial charge in [-0.15, -0.1) is 0 Å². The highest BCUT2D eigenvalue weighted by Gasteiger charge is 2.24. The van der Waals surface area contributed by atoms with Crippen LogP contribution in [0, 0.1) is 0 Å². The number of carbonyl (C=O) groups is 1. The first kappa shape index (κ1) is 18.2. The molecule has 2 aliphatic heterocycles. The molecule has 5 nitrogen and oxygen atoms in total. The van der Waals surface area contributed by atoms with Crippen molar-refractivity contribution in [2.75, 3.05) is 53.4 Å². The second kappa shape index (κ2) is 8.68. The molecule has 138 valence electrons. The highest BCUT2D eigenvalue weighted by Crippen LogP contribution is 2.19. The highest BCUT2D eigenvalue weighted by atomic mass is 16.5. The number of hydrogen-bond donors (Lipinski definition) is 0. The van der Waals surface area contributed by atoms with Crippen LogP contribution in [-0.2, 0) is 0 Å². The molecule has 0 spiro atoms. The fraction of sp³-hybridized carbons (Fsp3) is 0.650. The monoisotopic (exact) mass is 345 g/mol. The average Bonchev–Trinajstić information content (AvgIpc) is 2.67. The average molecular weight is 345 g/mol. The molecule has 0 radical (unpaired) electrons. The molecule has 1 aromatic carbocycles. The summed E-state index contributed by atoms with van der Waals surface area (Å²) in [6, 6.07) is 8.19. The van der Waals surface area contributed by atoms with E-state index in [9.17, 15) is 4.79 Å². The van der Waals surface area contributed by atoms with Crippen LogP contribution in [0.4, 0.5) is 0 Å². The van der Waals surface area contributed by atoms with Gasteiger partial charge in [0, 0.05) is 37.8 Å². The molecule has 1 amide bonds. The minimum absolute atomic E-state index is 0.116. The van der Waals surface area contributed by atoms with Gasteiger partial charge < -0.3 is 14.5 Å². The SMILES string of the molecule is COc1cccc(C(=O)N2CCN(CCC3CCCCN3C)CC2)c1. The van der Waals surface area contributed by atoms with E-state index in [2.05, 4.69) is 16.8 Å². The zero-order valence-corrected chi connectivity index (χ0v) is 15.6. The molecule has 0 aromatic heterocycles. The molecule has 0 N–H and O–H groups in total. The first-order valence-electron chi connectivity index (χ1n) is 9.53. The molecule has 2 heterocycles.